The minimum Gasteiger partial charge on any atom is -0.318 e. The highest BCUT2D eigenvalue weighted by Crippen LogP contribution is 2.32. The lowest BCUT2D eigenvalue weighted by Gasteiger charge is -2.25. The molecule has 3 N–H and O–H groups in total. The monoisotopic (exact) mass is 476 g/mol. The predicted molar refractivity (Wildman–Crippen MR) is 116 cm³/mol. The molecule has 4 rings (SSSR count). The van der Waals surface area contributed by atoms with E-state index in [-0.39, 0.29) is 27.9 Å². The first kappa shape index (κ1) is 22.3. The Bertz CT molecular complexity index is 1200. The Hall–Kier alpha value is -2.95. The fraction of sp³-hybridized carbons (Fsp3) is 0.286. The van der Waals surface area contributed by atoms with E-state index in [1.165, 1.54) is 12.1 Å². The fourth-order valence-corrected chi connectivity index (χ4v) is 5.37. The normalized spacial score (nSPS) is 20.9. The van der Waals surface area contributed by atoms with Gasteiger partial charge in [0.25, 0.3) is 11.8 Å². The number of rotatable bonds is 7. The molecule has 2 aliphatic rings. The molecule has 1 aliphatic carbocycles. The summed E-state index contributed by atoms with van der Waals surface area (Å²) in [5, 5.41) is 3.23. The van der Waals surface area contributed by atoms with Gasteiger partial charge in [0.05, 0.1) is 5.02 Å². The maximum absolute atomic E-state index is 13.1. The van der Waals surface area contributed by atoms with Gasteiger partial charge in [-0.2, -0.15) is 5.01 Å². The highest BCUT2D eigenvalue weighted by atomic mass is 35.5. The number of halogens is 1. The van der Waals surface area contributed by atoms with Crippen LogP contribution in [0.3, 0.4) is 0 Å². The molecule has 1 saturated carbocycles. The van der Waals surface area contributed by atoms with E-state index in [0.717, 1.165) is 18.9 Å². The van der Waals surface area contributed by atoms with Gasteiger partial charge in [0.2, 0.25) is 10.0 Å². The van der Waals surface area contributed by atoms with Crippen LogP contribution in [0.25, 0.3) is 0 Å². The molecule has 0 bridgehead atoms. The molecule has 1 atom stereocenters. The molecule has 1 heterocycles. The number of sulfonamides is 1. The van der Waals surface area contributed by atoms with Crippen LogP contribution in [-0.4, -0.2) is 37.3 Å². The number of urea groups is 1. The molecule has 32 heavy (non-hydrogen) atoms. The zero-order valence-electron chi connectivity index (χ0n) is 17.1. The van der Waals surface area contributed by atoms with Crippen molar-refractivity contribution in [1.82, 2.24) is 20.5 Å². The number of benzene rings is 2. The largest absolute Gasteiger partial charge is 0.344 e. The number of carbonyl (C=O) groups excluding carboxylic acids is 3. The first-order valence-corrected chi connectivity index (χ1v) is 11.9. The van der Waals surface area contributed by atoms with E-state index in [1.807, 2.05) is 0 Å². The van der Waals surface area contributed by atoms with Gasteiger partial charge in [-0.3, -0.25) is 15.0 Å². The van der Waals surface area contributed by atoms with E-state index in [4.69, 9.17) is 11.6 Å². The molecule has 0 unspecified atom stereocenters. The van der Waals surface area contributed by atoms with Crippen LogP contribution >= 0.6 is 11.6 Å². The Morgan fingerprint density at radius 1 is 1.19 bits per heavy atom. The summed E-state index contributed by atoms with van der Waals surface area (Å²) in [5.74, 6) is -1.46. The van der Waals surface area contributed by atoms with Crippen molar-refractivity contribution in [3.8, 4) is 0 Å². The molecular weight excluding hydrogens is 456 g/mol. The highest BCUT2D eigenvalue weighted by Gasteiger charge is 2.52. The zero-order valence-corrected chi connectivity index (χ0v) is 18.7. The van der Waals surface area contributed by atoms with Crippen molar-refractivity contribution in [2.45, 2.75) is 42.7 Å². The number of carbonyl (C=O) groups is 3. The van der Waals surface area contributed by atoms with Crippen LogP contribution in [0, 0.1) is 0 Å². The van der Waals surface area contributed by atoms with Crippen molar-refractivity contribution in [1.29, 1.82) is 0 Å². The summed E-state index contributed by atoms with van der Waals surface area (Å²) in [6, 6.07) is 11.5. The molecular formula is C21H21ClN4O5S. The van der Waals surface area contributed by atoms with E-state index >= 15 is 0 Å². The predicted octanol–water partition coefficient (Wildman–Crippen LogP) is 2.28. The lowest BCUT2D eigenvalue weighted by molar-refractivity contribution is -0.133. The Kier molecular flexibility index (Phi) is 5.70. The lowest BCUT2D eigenvalue weighted by atomic mass is 9.87. The molecule has 4 amide bonds. The molecule has 2 fully saturated rings. The van der Waals surface area contributed by atoms with Gasteiger partial charge >= 0.3 is 6.03 Å². The third kappa shape index (κ3) is 3.96. The number of hydrogen-bond donors (Lipinski definition) is 3. The van der Waals surface area contributed by atoms with Crippen molar-refractivity contribution in [2.75, 3.05) is 0 Å². The van der Waals surface area contributed by atoms with E-state index in [9.17, 15) is 22.8 Å². The first-order chi connectivity index (χ1) is 15.2. The Morgan fingerprint density at radius 3 is 2.50 bits per heavy atom. The molecule has 9 nitrogen and oxygen atoms in total. The van der Waals surface area contributed by atoms with Gasteiger partial charge in [-0.25, -0.2) is 17.9 Å². The van der Waals surface area contributed by atoms with Crippen LogP contribution in [0.2, 0.25) is 5.02 Å². The smallest absolute Gasteiger partial charge is 0.318 e. The Morgan fingerprint density at radius 2 is 1.88 bits per heavy atom. The quantitative estimate of drug-likeness (QED) is 0.529. The number of amides is 4. The fourth-order valence-electron chi connectivity index (χ4n) is 3.54. The third-order valence-corrected chi connectivity index (χ3v) is 7.49. The van der Waals surface area contributed by atoms with Crippen molar-refractivity contribution in [3.63, 3.8) is 0 Å². The molecule has 0 aromatic heterocycles. The first-order valence-electron chi connectivity index (χ1n) is 10.0. The van der Waals surface area contributed by atoms with Crippen LogP contribution in [0.15, 0.2) is 53.4 Å². The topological polar surface area (TPSA) is 125 Å². The lowest BCUT2D eigenvalue weighted by Crippen LogP contribution is -2.48. The van der Waals surface area contributed by atoms with Crippen LogP contribution in [-0.2, 0) is 20.4 Å². The molecule has 1 aliphatic heterocycles. The SMILES string of the molecule is CC[C@@]1(c2ccccc2)NC(=O)N(NC(=O)c2ccc(Cl)c(S(=O)(=O)NC3CC3)c2)C1=O. The maximum atomic E-state index is 13.1. The van der Waals surface area contributed by atoms with Crippen molar-refractivity contribution >= 4 is 39.5 Å². The summed E-state index contributed by atoms with van der Waals surface area (Å²) >= 11 is 6.05. The number of nitrogens with one attached hydrogen (secondary N) is 3. The van der Waals surface area contributed by atoms with Crippen LogP contribution in [0.1, 0.15) is 42.1 Å². The van der Waals surface area contributed by atoms with Gasteiger partial charge in [-0.15, -0.1) is 0 Å². The molecule has 11 heteroatoms. The molecule has 1 saturated heterocycles. The van der Waals surface area contributed by atoms with Gasteiger partial charge in [0.15, 0.2) is 0 Å². The van der Waals surface area contributed by atoms with E-state index in [0.29, 0.717) is 10.6 Å². The molecule has 0 spiro atoms. The van der Waals surface area contributed by atoms with Gasteiger partial charge in [0, 0.05) is 11.6 Å². The van der Waals surface area contributed by atoms with Gasteiger partial charge in [0.1, 0.15) is 10.4 Å². The summed E-state index contributed by atoms with van der Waals surface area (Å²) in [6.07, 6.45) is 1.75. The van der Waals surface area contributed by atoms with Crippen LogP contribution < -0.4 is 15.5 Å². The highest BCUT2D eigenvalue weighted by molar-refractivity contribution is 7.89. The van der Waals surface area contributed by atoms with Crippen molar-refractivity contribution in [3.05, 3.63) is 64.7 Å². The van der Waals surface area contributed by atoms with E-state index in [1.54, 1.807) is 37.3 Å². The number of nitrogens with zero attached hydrogens (tertiary/aromatic N) is 1. The molecule has 2 aromatic carbocycles. The van der Waals surface area contributed by atoms with Crippen LogP contribution in [0.4, 0.5) is 4.79 Å². The second kappa shape index (κ2) is 8.19. The van der Waals surface area contributed by atoms with Crippen molar-refractivity contribution < 1.29 is 22.8 Å². The van der Waals surface area contributed by atoms with Gasteiger partial charge in [-0.05, 0) is 43.0 Å². The minimum absolute atomic E-state index is 0.0428. The second-order valence-electron chi connectivity index (χ2n) is 7.68. The van der Waals surface area contributed by atoms with E-state index in [2.05, 4.69) is 15.5 Å². The molecule has 2 aromatic rings. The van der Waals surface area contributed by atoms with Crippen LogP contribution in [0.5, 0.6) is 0 Å². The summed E-state index contributed by atoms with van der Waals surface area (Å²) in [4.78, 5) is 38.3. The number of hydrazine groups is 1. The summed E-state index contributed by atoms with van der Waals surface area (Å²) in [7, 11) is -3.91. The summed E-state index contributed by atoms with van der Waals surface area (Å²) in [6.45, 7) is 1.75. The molecule has 0 radical (unpaired) electrons. The van der Waals surface area contributed by atoms with Gasteiger partial charge in [-0.1, -0.05) is 48.9 Å². The average Bonchev–Trinajstić information content (AvgIpc) is 3.54. The minimum atomic E-state index is -3.91. The standard InChI is InChI=1S/C21H21ClN4O5S/c1-2-21(14-6-4-3-5-7-14)19(28)26(20(29)23-21)24-18(27)13-8-11-16(22)17(12-13)32(30,31)25-15-9-10-15/h3-8,11-12,15,25H,2,9-10H2,1H3,(H,23,29)(H,24,27)/t21-/m0/s1. The summed E-state index contributed by atoms with van der Waals surface area (Å²) < 4.78 is 27.6. The Balaban J connectivity index is 1.58. The summed E-state index contributed by atoms with van der Waals surface area (Å²) in [5.41, 5.74) is 1.49. The third-order valence-electron chi connectivity index (χ3n) is 5.48. The average molecular weight is 477 g/mol. The molecule has 168 valence electrons. The zero-order chi connectivity index (χ0) is 23.1. The van der Waals surface area contributed by atoms with Gasteiger partial charge < -0.3 is 5.32 Å². The Labute approximate surface area is 190 Å². The maximum Gasteiger partial charge on any atom is 0.344 e. The number of hydrogen-bond acceptors (Lipinski definition) is 5. The van der Waals surface area contributed by atoms with E-state index < -0.39 is 33.4 Å². The van der Waals surface area contributed by atoms with Crippen molar-refractivity contribution in [2.24, 2.45) is 0 Å². The second-order valence-corrected chi connectivity index (χ2v) is 9.77. The number of imide groups is 1.